The van der Waals surface area contributed by atoms with Crippen LogP contribution in [0.3, 0.4) is 0 Å². The van der Waals surface area contributed by atoms with Gasteiger partial charge in [-0.1, -0.05) is 36.8 Å². The Morgan fingerprint density at radius 1 is 0.812 bits per heavy atom. The van der Waals surface area contributed by atoms with Crippen LogP contribution < -0.4 is 0 Å². The van der Waals surface area contributed by atoms with Crippen LogP contribution in [-0.4, -0.2) is 32.2 Å². The van der Waals surface area contributed by atoms with E-state index in [1.807, 2.05) is 0 Å². The minimum absolute atomic E-state index is 1.10. The molecule has 16 heavy (non-hydrogen) atoms. The fourth-order valence-corrected chi connectivity index (χ4v) is 1.91. The summed E-state index contributed by atoms with van der Waals surface area (Å²) in [6, 6.07) is 10.8. The Morgan fingerprint density at radius 3 is 2.06 bits per heavy atom. The van der Waals surface area contributed by atoms with Crippen LogP contribution >= 0.6 is 0 Å². The third kappa shape index (κ3) is 6.62. The molecule has 0 N–H and O–H groups in total. The molecule has 0 aromatic heterocycles. The molecule has 1 aromatic carbocycles. The minimum atomic E-state index is 1.10. The summed E-state index contributed by atoms with van der Waals surface area (Å²) in [6.07, 6.45) is 6.68. The normalized spacial score (nSPS) is 11.7. The van der Waals surface area contributed by atoms with Crippen LogP contribution in [0.2, 0.25) is 0 Å². The second-order valence-electron chi connectivity index (χ2n) is 5.66. The average molecular weight is 220 g/mol. The van der Waals surface area contributed by atoms with Gasteiger partial charge in [0, 0.05) is 0 Å². The van der Waals surface area contributed by atoms with E-state index in [0.717, 1.165) is 4.48 Å². The Bertz CT molecular complexity index is 271. The highest BCUT2D eigenvalue weighted by Gasteiger charge is 2.04. The van der Waals surface area contributed by atoms with Crippen molar-refractivity contribution in [3.8, 4) is 0 Å². The fourth-order valence-electron chi connectivity index (χ4n) is 1.91. The SMILES string of the molecule is C[N+](C)(C)CCCCCCc1ccccc1. The Hall–Kier alpha value is -0.820. The predicted octanol–water partition coefficient (Wildman–Crippen LogP) is 3.50. The predicted molar refractivity (Wildman–Crippen MR) is 71.5 cm³/mol. The van der Waals surface area contributed by atoms with Gasteiger partial charge in [-0.05, 0) is 31.2 Å². The Balaban J connectivity index is 2.01. The number of hydrogen-bond donors (Lipinski definition) is 0. The first-order chi connectivity index (χ1) is 7.58. The molecule has 0 unspecified atom stereocenters. The molecule has 90 valence electrons. The lowest BCUT2D eigenvalue weighted by Crippen LogP contribution is -2.35. The Morgan fingerprint density at radius 2 is 1.44 bits per heavy atom. The summed E-state index contributed by atoms with van der Waals surface area (Å²) in [5.74, 6) is 0. The van der Waals surface area contributed by atoms with E-state index in [1.165, 1.54) is 44.2 Å². The second kappa shape index (κ2) is 6.70. The van der Waals surface area contributed by atoms with Crippen molar-refractivity contribution in [1.82, 2.24) is 0 Å². The van der Waals surface area contributed by atoms with Crippen molar-refractivity contribution in [3.05, 3.63) is 35.9 Å². The first kappa shape index (κ1) is 13.2. The first-order valence-corrected chi connectivity index (χ1v) is 6.42. The van der Waals surface area contributed by atoms with Crippen LogP contribution in [0.15, 0.2) is 30.3 Å². The molecule has 1 nitrogen and oxygen atoms in total. The number of unbranched alkanes of at least 4 members (excludes halogenated alkanes) is 3. The number of rotatable bonds is 7. The van der Waals surface area contributed by atoms with E-state index >= 15 is 0 Å². The van der Waals surface area contributed by atoms with Crippen LogP contribution in [0.1, 0.15) is 31.2 Å². The molecule has 0 atom stereocenters. The lowest BCUT2D eigenvalue weighted by molar-refractivity contribution is -0.870. The second-order valence-corrected chi connectivity index (χ2v) is 5.66. The van der Waals surface area contributed by atoms with Gasteiger partial charge < -0.3 is 4.48 Å². The van der Waals surface area contributed by atoms with Gasteiger partial charge in [0.15, 0.2) is 0 Å². The van der Waals surface area contributed by atoms with Gasteiger partial charge in [-0.2, -0.15) is 0 Å². The number of hydrogen-bond acceptors (Lipinski definition) is 0. The van der Waals surface area contributed by atoms with Crippen molar-refractivity contribution < 1.29 is 4.48 Å². The molecule has 1 heteroatoms. The molecule has 0 bridgehead atoms. The quantitative estimate of drug-likeness (QED) is 0.487. The third-order valence-electron chi connectivity index (χ3n) is 2.89. The van der Waals surface area contributed by atoms with E-state index in [4.69, 9.17) is 0 Å². The van der Waals surface area contributed by atoms with Gasteiger partial charge in [0.1, 0.15) is 0 Å². The molecule has 0 saturated carbocycles. The largest absolute Gasteiger partial charge is 0.331 e. The van der Waals surface area contributed by atoms with Gasteiger partial charge >= 0.3 is 0 Å². The van der Waals surface area contributed by atoms with Crippen molar-refractivity contribution in [2.45, 2.75) is 32.1 Å². The van der Waals surface area contributed by atoms with E-state index in [1.54, 1.807) is 0 Å². The maximum atomic E-state index is 2.27. The van der Waals surface area contributed by atoms with Crippen molar-refractivity contribution in [2.75, 3.05) is 27.7 Å². The van der Waals surface area contributed by atoms with Gasteiger partial charge in [-0.15, -0.1) is 0 Å². The van der Waals surface area contributed by atoms with Crippen LogP contribution in [0, 0.1) is 0 Å². The molecule has 0 aliphatic heterocycles. The Labute approximate surface area is 101 Å². The molecular weight excluding hydrogens is 194 g/mol. The summed E-state index contributed by atoms with van der Waals surface area (Å²) in [4.78, 5) is 0. The van der Waals surface area contributed by atoms with Crippen LogP contribution in [0.25, 0.3) is 0 Å². The third-order valence-corrected chi connectivity index (χ3v) is 2.89. The van der Waals surface area contributed by atoms with Gasteiger partial charge in [-0.25, -0.2) is 0 Å². The monoisotopic (exact) mass is 220 g/mol. The first-order valence-electron chi connectivity index (χ1n) is 6.42. The maximum Gasteiger partial charge on any atom is 0.0780 e. The van der Waals surface area contributed by atoms with Crippen LogP contribution in [0.5, 0.6) is 0 Å². The molecular formula is C15H26N+. The summed E-state index contributed by atoms with van der Waals surface area (Å²) >= 11 is 0. The van der Waals surface area contributed by atoms with Crippen molar-refractivity contribution in [3.63, 3.8) is 0 Å². The number of aryl methyl sites for hydroxylation is 1. The van der Waals surface area contributed by atoms with Crippen LogP contribution in [0.4, 0.5) is 0 Å². The molecule has 0 amide bonds. The van der Waals surface area contributed by atoms with E-state index < -0.39 is 0 Å². The molecule has 0 heterocycles. The van der Waals surface area contributed by atoms with E-state index in [0.29, 0.717) is 0 Å². The zero-order valence-corrected chi connectivity index (χ0v) is 11.1. The lowest BCUT2D eigenvalue weighted by atomic mass is 10.1. The Kier molecular flexibility index (Phi) is 5.54. The lowest BCUT2D eigenvalue weighted by Gasteiger charge is -2.23. The standard InChI is InChI=1S/C15H26N/c1-16(2,3)14-10-5-4-7-11-15-12-8-6-9-13-15/h6,8-9,12-13H,4-5,7,10-11,14H2,1-3H3/q+1. The number of benzene rings is 1. The summed E-state index contributed by atoms with van der Waals surface area (Å²) in [6.45, 7) is 1.30. The van der Waals surface area contributed by atoms with Crippen molar-refractivity contribution in [1.29, 1.82) is 0 Å². The van der Waals surface area contributed by atoms with Crippen LogP contribution in [-0.2, 0) is 6.42 Å². The topological polar surface area (TPSA) is 0 Å². The van der Waals surface area contributed by atoms with Crippen molar-refractivity contribution >= 4 is 0 Å². The molecule has 0 spiro atoms. The molecule has 0 saturated heterocycles. The zero-order chi connectivity index (χ0) is 11.9. The summed E-state index contributed by atoms with van der Waals surface area (Å²) < 4.78 is 1.10. The zero-order valence-electron chi connectivity index (χ0n) is 11.1. The minimum Gasteiger partial charge on any atom is -0.331 e. The molecule has 0 aliphatic carbocycles. The molecule has 0 radical (unpaired) electrons. The van der Waals surface area contributed by atoms with E-state index in [-0.39, 0.29) is 0 Å². The maximum absolute atomic E-state index is 2.27. The molecule has 1 rings (SSSR count). The van der Waals surface area contributed by atoms with Gasteiger partial charge in [0.2, 0.25) is 0 Å². The van der Waals surface area contributed by atoms with E-state index in [2.05, 4.69) is 51.5 Å². The van der Waals surface area contributed by atoms with Gasteiger partial charge in [0.25, 0.3) is 0 Å². The summed E-state index contributed by atoms with van der Waals surface area (Å²) in [5, 5.41) is 0. The fraction of sp³-hybridized carbons (Fsp3) is 0.600. The number of quaternary nitrogens is 1. The van der Waals surface area contributed by atoms with Gasteiger partial charge in [-0.3, -0.25) is 0 Å². The molecule has 1 aromatic rings. The average Bonchev–Trinajstić information content (AvgIpc) is 2.23. The van der Waals surface area contributed by atoms with Crippen molar-refractivity contribution in [2.24, 2.45) is 0 Å². The smallest absolute Gasteiger partial charge is 0.0780 e. The highest BCUT2D eigenvalue weighted by Crippen LogP contribution is 2.08. The number of nitrogens with zero attached hydrogens (tertiary/aromatic N) is 1. The summed E-state index contributed by atoms with van der Waals surface area (Å²) in [7, 11) is 6.80. The highest BCUT2D eigenvalue weighted by molar-refractivity contribution is 5.14. The summed E-state index contributed by atoms with van der Waals surface area (Å²) in [5.41, 5.74) is 1.48. The highest BCUT2D eigenvalue weighted by atomic mass is 15.3. The molecule has 0 aliphatic rings. The molecule has 0 fully saturated rings. The van der Waals surface area contributed by atoms with Gasteiger partial charge in [0.05, 0.1) is 27.7 Å². The van der Waals surface area contributed by atoms with E-state index in [9.17, 15) is 0 Å².